The van der Waals surface area contributed by atoms with Gasteiger partial charge in [-0.1, -0.05) is 25.8 Å². The zero-order chi connectivity index (χ0) is 12.5. The molecule has 0 amide bonds. The van der Waals surface area contributed by atoms with Gasteiger partial charge >= 0.3 is 0 Å². The zero-order valence-electron chi connectivity index (χ0n) is 10.2. The van der Waals surface area contributed by atoms with Crippen LogP contribution in [-0.2, 0) is 6.42 Å². The summed E-state index contributed by atoms with van der Waals surface area (Å²) in [5.74, 6) is -1.02. The van der Waals surface area contributed by atoms with Crippen LogP contribution in [0.25, 0.3) is 0 Å². The molecule has 1 aliphatic rings. The molecule has 1 aromatic carbocycles. The Bertz CT molecular complexity index is 397. The first-order valence-electron chi connectivity index (χ1n) is 6.21. The first-order valence-corrected chi connectivity index (χ1v) is 6.21. The van der Waals surface area contributed by atoms with Crippen molar-refractivity contribution >= 4 is 0 Å². The Morgan fingerprint density at radius 3 is 2.53 bits per heavy atom. The molecule has 1 atom stereocenters. The second kappa shape index (κ2) is 4.73. The number of benzene rings is 1. The Balaban J connectivity index is 2.10. The Kier molecular flexibility index (Phi) is 3.48. The predicted octanol–water partition coefficient (Wildman–Crippen LogP) is 3.41. The van der Waals surface area contributed by atoms with Gasteiger partial charge in [-0.25, -0.2) is 8.78 Å². The van der Waals surface area contributed by atoms with Gasteiger partial charge in [0.15, 0.2) is 0 Å². The van der Waals surface area contributed by atoms with Crippen molar-refractivity contribution in [3.63, 3.8) is 0 Å². The Morgan fingerprint density at radius 1 is 1.29 bits per heavy atom. The summed E-state index contributed by atoms with van der Waals surface area (Å²) in [4.78, 5) is 0. The molecule has 0 saturated heterocycles. The summed E-state index contributed by atoms with van der Waals surface area (Å²) in [6.45, 7) is 2.17. The van der Waals surface area contributed by atoms with E-state index in [1.165, 1.54) is 25.0 Å². The van der Waals surface area contributed by atoms with Gasteiger partial charge in [-0.2, -0.15) is 0 Å². The normalized spacial score (nSPS) is 20.5. The van der Waals surface area contributed by atoms with E-state index in [0.717, 1.165) is 18.9 Å². The summed E-state index contributed by atoms with van der Waals surface area (Å²) in [7, 11) is 0. The number of nitrogens with two attached hydrogens (primary N) is 1. The molecule has 0 heterocycles. The van der Waals surface area contributed by atoms with Gasteiger partial charge in [0.25, 0.3) is 0 Å². The quantitative estimate of drug-likeness (QED) is 0.859. The highest BCUT2D eigenvalue weighted by Crippen LogP contribution is 2.40. The third-order valence-electron chi connectivity index (χ3n) is 4.10. The molecular weight excluding hydrogens is 220 g/mol. The molecule has 1 nitrogen and oxygen atoms in total. The van der Waals surface area contributed by atoms with Crippen molar-refractivity contribution in [2.75, 3.05) is 0 Å². The topological polar surface area (TPSA) is 26.0 Å². The van der Waals surface area contributed by atoms with Gasteiger partial charge in [0.2, 0.25) is 0 Å². The number of halogens is 2. The summed E-state index contributed by atoms with van der Waals surface area (Å²) in [5, 5.41) is 0. The van der Waals surface area contributed by atoms with E-state index in [9.17, 15) is 8.78 Å². The minimum absolute atomic E-state index is 0.0510. The van der Waals surface area contributed by atoms with Crippen LogP contribution in [0, 0.1) is 17.0 Å². The molecule has 0 aromatic heterocycles. The van der Waals surface area contributed by atoms with Crippen LogP contribution in [0.1, 0.15) is 38.2 Å². The highest BCUT2D eigenvalue weighted by molar-refractivity contribution is 5.20. The zero-order valence-corrected chi connectivity index (χ0v) is 10.2. The minimum Gasteiger partial charge on any atom is -0.327 e. The molecule has 1 aromatic rings. The van der Waals surface area contributed by atoms with E-state index in [4.69, 9.17) is 5.73 Å². The molecule has 1 fully saturated rings. The molecule has 1 unspecified atom stereocenters. The summed E-state index contributed by atoms with van der Waals surface area (Å²) < 4.78 is 26.3. The summed E-state index contributed by atoms with van der Waals surface area (Å²) in [6.07, 6.45) is 5.11. The minimum atomic E-state index is -0.535. The Labute approximate surface area is 101 Å². The largest absolute Gasteiger partial charge is 0.327 e. The molecule has 0 spiro atoms. The SMILES string of the molecule is CC1(C(N)Cc2ccc(F)cc2F)CCCC1. The lowest BCUT2D eigenvalue weighted by atomic mass is 9.78. The lowest BCUT2D eigenvalue weighted by molar-refractivity contribution is 0.259. The van der Waals surface area contributed by atoms with Crippen LogP contribution in [0.15, 0.2) is 18.2 Å². The average molecular weight is 239 g/mol. The summed E-state index contributed by atoms with van der Waals surface area (Å²) >= 11 is 0. The maximum atomic E-state index is 13.5. The molecule has 2 rings (SSSR count). The average Bonchev–Trinajstić information content (AvgIpc) is 2.71. The number of rotatable bonds is 3. The van der Waals surface area contributed by atoms with Gasteiger partial charge in [-0.3, -0.25) is 0 Å². The molecule has 17 heavy (non-hydrogen) atoms. The van der Waals surface area contributed by atoms with Gasteiger partial charge in [-0.05, 0) is 36.3 Å². The van der Waals surface area contributed by atoms with E-state index in [0.29, 0.717) is 12.0 Å². The lowest BCUT2D eigenvalue weighted by Gasteiger charge is -2.31. The standard InChI is InChI=1S/C14H19F2N/c1-14(6-2-3-7-14)13(17)8-10-4-5-11(15)9-12(10)16/h4-5,9,13H,2-3,6-8,17H2,1H3. The van der Waals surface area contributed by atoms with Gasteiger partial charge in [0.1, 0.15) is 11.6 Å². The van der Waals surface area contributed by atoms with E-state index in [-0.39, 0.29) is 11.5 Å². The predicted molar refractivity (Wildman–Crippen MR) is 64.6 cm³/mol. The van der Waals surface area contributed by atoms with Crippen LogP contribution in [0.4, 0.5) is 8.78 Å². The van der Waals surface area contributed by atoms with E-state index in [2.05, 4.69) is 6.92 Å². The fourth-order valence-corrected chi connectivity index (χ4v) is 2.72. The Morgan fingerprint density at radius 2 is 1.94 bits per heavy atom. The van der Waals surface area contributed by atoms with Crippen LogP contribution in [0.2, 0.25) is 0 Å². The smallest absolute Gasteiger partial charge is 0.129 e. The van der Waals surface area contributed by atoms with Crippen LogP contribution >= 0.6 is 0 Å². The van der Waals surface area contributed by atoms with Crippen molar-refractivity contribution < 1.29 is 8.78 Å². The molecule has 3 heteroatoms. The van der Waals surface area contributed by atoms with Crippen molar-refractivity contribution in [1.29, 1.82) is 0 Å². The molecule has 94 valence electrons. The van der Waals surface area contributed by atoms with Crippen LogP contribution in [0.5, 0.6) is 0 Å². The molecule has 2 N–H and O–H groups in total. The first kappa shape index (κ1) is 12.5. The Hall–Kier alpha value is -0.960. The van der Waals surface area contributed by atoms with E-state index in [1.54, 1.807) is 0 Å². The van der Waals surface area contributed by atoms with Gasteiger partial charge in [0, 0.05) is 12.1 Å². The van der Waals surface area contributed by atoms with E-state index < -0.39 is 11.6 Å². The summed E-state index contributed by atoms with van der Waals surface area (Å²) in [5.41, 5.74) is 6.82. The van der Waals surface area contributed by atoms with Crippen molar-refractivity contribution in [1.82, 2.24) is 0 Å². The van der Waals surface area contributed by atoms with E-state index in [1.807, 2.05) is 0 Å². The maximum absolute atomic E-state index is 13.5. The summed E-state index contributed by atoms with van der Waals surface area (Å²) in [6, 6.07) is 3.68. The molecule has 0 aliphatic heterocycles. The molecule has 1 aliphatic carbocycles. The molecule has 0 bridgehead atoms. The monoisotopic (exact) mass is 239 g/mol. The first-order chi connectivity index (χ1) is 8.01. The van der Waals surface area contributed by atoms with Crippen LogP contribution in [-0.4, -0.2) is 6.04 Å². The van der Waals surface area contributed by atoms with Gasteiger partial charge in [0.05, 0.1) is 0 Å². The van der Waals surface area contributed by atoms with Gasteiger partial charge < -0.3 is 5.73 Å². The molecular formula is C14H19F2N. The van der Waals surface area contributed by atoms with Crippen LogP contribution < -0.4 is 5.73 Å². The van der Waals surface area contributed by atoms with Crippen molar-refractivity contribution in [3.05, 3.63) is 35.4 Å². The highest BCUT2D eigenvalue weighted by Gasteiger charge is 2.34. The number of hydrogen-bond donors (Lipinski definition) is 1. The van der Waals surface area contributed by atoms with Crippen molar-refractivity contribution in [2.45, 2.75) is 45.1 Å². The third-order valence-corrected chi connectivity index (χ3v) is 4.10. The molecule has 1 saturated carbocycles. The second-order valence-corrected chi connectivity index (χ2v) is 5.41. The fraction of sp³-hybridized carbons (Fsp3) is 0.571. The highest BCUT2D eigenvalue weighted by atomic mass is 19.1. The van der Waals surface area contributed by atoms with Crippen LogP contribution in [0.3, 0.4) is 0 Å². The van der Waals surface area contributed by atoms with Crippen molar-refractivity contribution in [2.24, 2.45) is 11.1 Å². The van der Waals surface area contributed by atoms with Crippen molar-refractivity contribution in [3.8, 4) is 0 Å². The van der Waals surface area contributed by atoms with Gasteiger partial charge in [-0.15, -0.1) is 0 Å². The molecule has 0 radical (unpaired) electrons. The van der Waals surface area contributed by atoms with E-state index >= 15 is 0 Å². The number of hydrogen-bond acceptors (Lipinski definition) is 1. The third kappa shape index (κ3) is 2.65. The maximum Gasteiger partial charge on any atom is 0.129 e. The fourth-order valence-electron chi connectivity index (χ4n) is 2.72. The lowest BCUT2D eigenvalue weighted by Crippen LogP contribution is -2.39. The second-order valence-electron chi connectivity index (χ2n) is 5.41.